The number of likely N-dealkylation sites (tertiary alicyclic amines) is 1. The molecule has 2 aliphatic rings. The second kappa shape index (κ2) is 3.37. The summed E-state index contributed by atoms with van der Waals surface area (Å²) in [6, 6.07) is 0.294. The summed E-state index contributed by atoms with van der Waals surface area (Å²) < 4.78 is 5.33. The monoisotopic (exact) mass is 212 g/mol. The van der Waals surface area contributed by atoms with Crippen LogP contribution in [-0.2, 0) is 4.74 Å². The molecule has 15 heavy (non-hydrogen) atoms. The van der Waals surface area contributed by atoms with Crippen LogP contribution in [0.1, 0.15) is 27.2 Å². The fraction of sp³-hybridized carbons (Fsp3) is 0.909. The first kappa shape index (κ1) is 10.7. The number of carbonyl (C=O) groups is 1. The highest BCUT2D eigenvalue weighted by Crippen LogP contribution is 2.39. The first-order valence-electron chi connectivity index (χ1n) is 5.60. The largest absolute Gasteiger partial charge is 0.444 e. The van der Waals surface area contributed by atoms with Crippen LogP contribution >= 0.6 is 0 Å². The third-order valence-corrected chi connectivity index (χ3v) is 3.27. The lowest BCUT2D eigenvalue weighted by Gasteiger charge is -2.35. The van der Waals surface area contributed by atoms with Gasteiger partial charge in [0.1, 0.15) is 5.60 Å². The summed E-state index contributed by atoms with van der Waals surface area (Å²) in [5.74, 6) is 1.13. The van der Waals surface area contributed by atoms with E-state index in [9.17, 15) is 4.79 Å². The summed E-state index contributed by atoms with van der Waals surface area (Å²) in [6.07, 6.45) is 0.869. The van der Waals surface area contributed by atoms with Crippen LogP contribution in [0.3, 0.4) is 0 Å². The average molecular weight is 212 g/mol. The summed E-state index contributed by atoms with van der Waals surface area (Å²) in [5.41, 5.74) is 5.47. The van der Waals surface area contributed by atoms with Crippen molar-refractivity contribution in [1.29, 1.82) is 0 Å². The SMILES string of the molecule is CC(C)(C)OC(=O)N1C[C@@H]2C[C@H](N)[C@@H]2C1. The average Bonchev–Trinajstić information content (AvgIpc) is 2.39. The summed E-state index contributed by atoms with van der Waals surface area (Å²) in [6.45, 7) is 7.28. The molecular formula is C11H20N2O2. The molecule has 0 spiro atoms. The van der Waals surface area contributed by atoms with Crippen LogP contribution in [0.25, 0.3) is 0 Å². The molecule has 1 aliphatic heterocycles. The molecule has 4 nitrogen and oxygen atoms in total. The van der Waals surface area contributed by atoms with Gasteiger partial charge in [0.25, 0.3) is 0 Å². The molecule has 86 valence electrons. The summed E-state index contributed by atoms with van der Waals surface area (Å²) in [5, 5.41) is 0. The van der Waals surface area contributed by atoms with E-state index in [1.807, 2.05) is 20.8 Å². The number of carbonyl (C=O) groups excluding carboxylic acids is 1. The Labute approximate surface area is 90.8 Å². The number of hydrogen-bond donors (Lipinski definition) is 1. The zero-order valence-electron chi connectivity index (χ0n) is 9.69. The van der Waals surface area contributed by atoms with Crippen molar-refractivity contribution in [1.82, 2.24) is 4.90 Å². The van der Waals surface area contributed by atoms with Crippen LogP contribution in [0.4, 0.5) is 4.79 Å². The van der Waals surface area contributed by atoms with Crippen molar-refractivity contribution in [2.75, 3.05) is 13.1 Å². The van der Waals surface area contributed by atoms with Gasteiger partial charge >= 0.3 is 6.09 Å². The number of fused-ring (bicyclic) bond motifs is 1. The Hall–Kier alpha value is -0.770. The van der Waals surface area contributed by atoms with Gasteiger partial charge in [-0.3, -0.25) is 0 Å². The van der Waals surface area contributed by atoms with Gasteiger partial charge in [-0.15, -0.1) is 0 Å². The van der Waals surface area contributed by atoms with Crippen LogP contribution in [0, 0.1) is 11.8 Å². The molecule has 1 saturated carbocycles. The minimum absolute atomic E-state index is 0.191. The molecule has 0 aromatic rings. The third kappa shape index (κ3) is 2.09. The van der Waals surface area contributed by atoms with E-state index < -0.39 is 5.60 Å². The van der Waals surface area contributed by atoms with Gasteiger partial charge in [-0.25, -0.2) is 4.79 Å². The van der Waals surface area contributed by atoms with Gasteiger partial charge in [-0.1, -0.05) is 0 Å². The zero-order valence-corrected chi connectivity index (χ0v) is 9.69. The summed E-state index contributed by atoms with van der Waals surface area (Å²) in [4.78, 5) is 13.5. The molecule has 0 unspecified atom stereocenters. The van der Waals surface area contributed by atoms with E-state index in [2.05, 4.69) is 0 Å². The minimum Gasteiger partial charge on any atom is -0.444 e. The Morgan fingerprint density at radius 2 is 2.07 bits per heavy atom. The topological polar surface area (TPSA) is 55.6 Å². The van der Waals surface area contributed by atoms with Crippen LogP contribution in [0.5, 0.6) is 0 Å². The van der Waals surface area contributed by atoms with Crippen molar-refractivity contribution in [3.05, 3.63) is 0 Å². The van der Waals surface area contributed by atoms with E-state index in [4.69, 9.17) is 10.5 Å². The van der Waals surface area contributed by atoms with Crippen molar-refractivity contribution in [2.24, 2.45) is 17.6 Å². The summed E-state index contributed by atoms with van der Waals surface area (Å²) >= 11 is 0. The van der Waals surface area contributed by atoms with Crippen LogP contribution < -0.4 is 5.73 Å². The number of amides is 1. The fourth-order valence-corrected chi connectivity index (χ4v) is 2.43. The quantitative estimate of drug-likeness (QED) is 0.656. The van der Waals surface area contributed by atoms with Crippen LogP contribution in [0.15, 0.2) is 0 Å². The van der Waals surface area contributed by atoms with Gasteiger partial charge in [0.15, 0.2) is 0 Å². The molecule has 2 N–H and O–H groups in total. The second-order valence-corrected chi connectivity index (χ2v) is 5.71. The lowest BCUT2D eigenvalue weighted by atomic mass is 9.72. The maximum atomic E-state index is 11.7. The summed E-state index contributed by atoms with van der Waals surface area (Å²) in [7, 11) is 0. The van der Waals surface area contributed by atoms with Gasteiger partial charge in [-0.2, -0.15) is 0 Å². The molecule has 4 heteroatoms. The Morgan fingerprint density at radius 1 is 1.40 bits per heavy atom. The van der Waals surface area contributed by atoms with E-state index in [0.717, 1.165) is 19.5 Å². The Balaban J connectivity index is 1.88. The molecule has 0 aromatic carbocycles. The molecule has 2 fully saturated rings. The van der Waals surface area contributed by atoms with E-state index in [1.165, 1.54) is 0 Å². The predicted octanol–water partition coefficient (Wildman–Crippen LogP) is 1.20. The molecule has 1 amide bonds. The highest BCUT2D eigenvalue weighted by molar-refractivity contribution is 5.68. The van der Waals surface area contributed by atoms with Gasteiger partial charge in [0, 0.05) is 19.1 Å². The smallest absolute Gasteiger partial charge is 0.410 e. The van der Waals surface area contributed by atoms with Gasteiger partial charge in [-0.05, 0) is 39.0 Å². The first-order valence-corrected chi connectivity index (χ1v) is 5.60. The molecule has 0 aromatic heterocycles. The van der Waals surface area contributed by atoms with Gasteiger partial charge in [0.05, 0.1) is 0 Å². The van der Waals surface area contributed by atoms with Crippen molar-refractivity contribution in [3.63, 3.8) is 0 Å². The molecule has 1 saturated heterocycles. The molecule has 0 radical (unpaired) electrons. The molecular weight excluding hydrogens is 192 g/mol. The maximum Gasteiger partial charge on any atom is 0.410 e. The number of ether oxygens (including phenoxy) is 1. The fourth-order valence-electron chi connectivity index (χ4n) is 2.43. The molecule has 1 aliphatic carbocycles. The third-order valence-electron chi connectivity index (χ3n) is 3.27. The van der Waals surface area contributed by atoms with E-state index in [1.54, 1.807) is 4.90 Å². The van der Waals surface area contributed by atoms with Crippen molar-refractivity contribution < 1.29 is 9.53 Å². The Morgan fingerprint density at radius 3 is 2.53 bits per heavy atom. The van der Waals surface area contributed by atoms with Crippen molar-refractivity contribution in [2.45, 2.75) is 38.8 Å². The predicted molar refractivity (Wildman–Crippen MR) is 57.4 cm³/mol. The number of nitrogens with zero attached hydrogens (tertiary/aromatic N) is 1. The van der Waals surface area contributed by atoms with E-state index in [0.29, 0.717) is 17.9 Å². The number of hydrogen-bond acceptors (Lipinski definition) is 3. The number of nitrogens with two attached hydrogens (primary N) is 1. The maximum absolute atomic E-state index is 11.7. The van der Waals surface area contributed by atoms with Gasteiger partial charge in [0.2, 0.25) is 0 Å². The molecule has 1 heterocycles. The normalized spacial score (nSPS) is 34.7. The Bertz CT molecular complexity index is 272. The minimum atomic E-state index is -0.402. The van der Waals surface area contributed by atoms with E-state index in [-0.39, 0.29) is 6.09 Å². The number of rotatable bonds is 0. The van der Waals surface area contributed by atoms with E-state index >= 15 is 0 Å². The molecule has 0 bridgehead atoms. The van der Waals surface area contributed by atoms with Gasteiger partial charge < -0.3 is 15.4 Å². The van der Waals surface area contributed by atoms with Crippen LogP contribution in [-0.4, -0.2) is 35.7 Å². The zero-order chi connectivity index (χ0) is 11.2. The van der Waals surface area contributed by atoms with Crippen molar-refractivity contribution >= 4 is 6.09 Å². The van der Waals surface area contributed by atoms with Crippen LogP contribution in [0.2, 0.25) is 0 Å². The first-order chi connectivity index (χ1) is 6.87. The lowest BCUT2D eigenvalue weighted by Crippen LogP contribution is -2.46. The standard InChI is InChI=1S/C11H20N2O2/c1-11(2,3)15-10(14)13-5-7-4-9(12)8(7)6-13/h7-9H,4-6,12H2,1-3H3/t7-,8+,9-/m0/s1. The lowest BCUT2D eigenvalue weighted by molar-refractivity contribution is 0.0288. The molecule has 2 rings (SSSR count). The Kier molecular flexibility index (Phi) is 2.41. The second-order valence-electron chi connectivity index (χ2n) is 5.71. The highest BCUT2D eigenvalue weighted by Gasteiger charge is 2.47. The highest BCUT2D eigenvalue weighted by atomic mass is 16.6. The molecule has 3 atom stereocenters. The van der Waals surface area contributed by atoms with Crippen molar-refractivity contribution in [3.8, 4) is 0 Å².